The second-order valence-corrected chi connectivity index (χ2v) is 6.52. The predicted molar refractivity (Wildman–Crippen MR) is 105 cm³/mol. The summed E-state index contributed by atoms with van der Waals surface area (Å²) in [6.45, 7) is 3.92. The highest BCUT2D eigenvalue weighted by Crippen LogP contribution is 2.26. The van der Waals surface area contributed by atoms with Gasteiger partial charge in [0.15, 0.2) is 0 Å². The topological polar surface area (TPSA) is 81.7 Å². The highest BCUT2D eigenvalue weighted by molar-refractivity contribution is 6.01. The number of benzene rings is 2. The Balaban J connectivity index is 2.07. The molecule has 0 fully saturated rings. The Morgan fingerprint density at radius 2 is 1.69 bits per heavy atom. The largest absolute Gasteiger partial charge is 0.481 e. The molecule has 3 N–H and O–H groups in total. The molecular weight excluding hydrogens is 330 g/mol. The Hall–Kier alpha value is -3.02. The maximum absolute atomic E-state index is 12.4. The van der Waals surface area contributed by atoms with E-state index in [9.17, 15) is 9.59 Å². The Bertz CT molecular complexity index is 793. The number of hydrogen-bond donors (Lipinski definition) is 3. The first-order valence-corrected chi connectivity index (χ1v) is 8.43. The normalized spacial score (nSPS) is 10.3. The molecule has 0 aliphatic heterocycles. The molecule has 6 nitrogen and oxygen atoms in total. The zero-order valence-electron chi connectivity index (χ0n) is 15.6. The van der Waals surface area contributed by atoms with Crippen molar-refractivity contribution in [1.82, 2.24) is 0 Å². The van der Waals surface area contributed by atoms with Gasteiger partial charge in [0, 0.05) is 37.6 Å². The molecule has 0 aliphatic carbocycles. The molecule has 0 saturated carbocycles. The summed E-state index contributed by atoms with van der Waals surface area (Å²) in [5.74, 6) is -0.840. The van der Waals surface area contributed by atoms with Crippen LogP contribution in [0.2, 0.25) is 0 Å². The number of anilines is 3. The molecule has 0 aliphatic rings. The van der Waals surface area contributed by atoms with Gasteiger partial charge in [0.2, 0.25) is 0 Å². The van der Waals surface area contributed by atoms with Gasteiger partial charge in [0.05, 0.1) is 0 Å². The minimum atomic E-state index is -0.840. The zero-order valence-corrected chi connectivity index (χ0v) is 15.6. The van der Waals surface area contributed by atoms with Crippen LogP contribution in [0.25, 0.3) is 0 Å². The van der Waals surface area contributed by atoms with E-state index in [2.05, 4.69) is 10.6 Å². The Kier molecular flexibility index (Phi) is 6.22. The van der Waals surface area contributed by atoms with E-state index in [4.69, 9.17) is 5.11 Å². The number of amides is 2. The molecule has 0 unspecified atom stereocenters. The van der Waals surface area contributed by atoms with Gasteiger partial charge in [0.25, 0.3) is 0 Å². The molecule has 0 saturated heterocycles. The summed E-state index contributed by atoms with van der Waals surface area (Å²) in [5, 5.41) is 14.5. The number of nitrogens with one attached hydrogen (secondary N) is 2. The number of aliphatic carboxylic acids is 1. The average Bonchev–Trinajstić information content (AvgIpc) is 2.56. The zero-order chi connectivity index (χ0) is 19.3. The minimum absolute atomic E-state index is 0.0618. The van der Waals surface area contributed by atoms with Gasteiger partial charge >= 0.3 is 12.0 Å². The lowest BCUT2D eigenvalue weighted by Gasteiger charge is -2.18. The van der Waals surface area contributed by atoms with Crippen molar-refractivity contribution in [2.75, 3.05) is 29.6 Å². The molecule has 2 rings (SSSR count). The Morgan fingerprint density at radius 3 is 2.27 bits per heavy atom. The van der Waals surface area contributed by atoms with Gasteiger partial charge < -0.3 is 20.6 Å². The van der Waals surface area contributed by atoms with Crippen molar-refractivity contribution < 1.29 is 14.7 Å². The third kappa shape index (κ3) is 5.24. The molecule has 0 bridgehead atoms. The van der Waals surface area contributed by atoms with E-state index >= 15 is 0 Å². The Morgan fingerprint density at radius 1 is 1.04 bits per heavy atom. The fraction of sp³-hybridized carbons (Fsp3) is 0.300. The van der Waals surface area contributed by atoms with E-state index in [0.29, 0.717) is 12.1 Å². The monoisotopic (exact) mass is 355 g/mol. The molecule has 0 heterocycles. The minimum Gasteiger partial charge on any atom is -0.481 e. The summed E-state index contributed by atoms with van der Waals surface area (Å²) in [4.78, 5) is 25.1. The summed E-state index contributed by atoms with van der Waals surface area (Å²) < 4.78 is 0. The summed E-state index contributed by atoms with van der Waals surface area (Å²) in [5.41, 5.74) is 5.34. The van der Waals surface area contributed by atoms with Crippen molar-refractivity contribution >= 4 is 29.1 Å². The third-order valence-electron chi connectivity index (χ3n) is 4.08. The lowest BCUT2D eigenvalue weighted by atomic mass is 10.1. The van der Waals surface area contributed by atoms with Gasteiger partial charge in [-0.25, -0.2) is 4.79 Å². The molecule has 2 amide bonds. The number of aryl methyl sites for hydroxylation is 3. The van der Waals surface area contributed by atoms with E-state index in [1.165, 1.54) is 0 Å². The fourth-order valence-electron chi connectivity index (χ4n) is 2.73. The van der Waals surface area contributed by atoms with Crippen LogP contribution in [0, 0.1) is 13.8 Å². The standard InChI is InChI=1S/C20H25N3O3/c1-13-10-17(23(3)4)11-14(2)19(13)22-20(26)21-16-7-5-6-15(12-16)8-9-18(24)25/h5-7,10-12H,8-9H2,1-4H3,(H,24,25)(H2,21,22,26). The molecule has 0 spiro atoms. The summed E-state index contributed by atoms with van der Waals surface area (Å²) in [7, 11) is 3.96. The van der Waals surface area contributed by atoms with E-state index in [1.54, 1.807) is 18.2 Å². The van der Waals surface area contributed by atoms with Gasteiger partial charge in [-0.3, -0.25) is 4.79 Å². The van der Waals surface area contributed by atoms with Crippen LogP contribution in [-0.4, -0.2) is 31.2 Å². The maximum atomic E-state index is 12.4. The van der Waals surface area contributed by atoms with Crippen molar-refractivity contribution in [1.29, 1.82) is 0 Å². The second-order valence-electron chi connectivity index (χ2n) is 6.52. The molecule has 0 atom stereocenters. The molecule has 2 aromatic carbocycles. The molecular formula is C20H25N3O3. The predicted octanol–water partition coefficient (Wildman–Crippen LogP) is 4.03. The van der Waals surface area contributed by atoms with Crippen molar-refractivity contribution in [2.24, 2.45) is 0 Å². The van der Waals surface area contributed by atoms with E-state index in [0.717, 1.165) is 28.1 Å². The SMILES string of the molecule is Cc1cc(N(C)C)cc(C)c1NC(=O)Nc1cccc(CCC(=O)O)c1. The van der Waals surface area contributed by atoms with Gasteiger partial charge in [-0.2, -0.15) is 0 Å². The number of carboxylic acids is 1. The molecule has 0 aromatic heterocycles. The number of urea groups is 1. The van der Waals surface area contributed by atoms with Gasteiger partial charge in [-0.05, 0) is 61.2 Å². The van der Waals surface area contributed by atoms with Crippen LogP contribution in [0.1, 0.15) is 23.1 Å². The highest BCUT2D eigenvalue weighted by Gasteiger charge is 2.10. The van der Waals surface area contributed by atoms with Gasteiger partial charge in [-0.1, -0.05) is 12.1 Å². The van der Waals surface area contributed by atoms with Crippen LogP contribution >= 0.6 is 0 Å². The smallest absolute Gasteiger partial charge is 0.323 e. The van der Waals surface area contributed by atoms with Crippen LogP contribution in [0.5, 0.6) is 0 Å². The number of nitrogens with zero attached hydrogens (tertiary/aromatic N) is 1. The Labute approximate surface area is 153 Å². The van der Waals surface area contributed by atoms with Crippen LogP contribution in [0.4, 0.5) is 21.9 Å². The first kappa shape index (κ1) is 19.3. The molecule has 6 heteroatoms. The van der Waals surface area contributed by atoms with E-state index in [1.807, 2.05) is 51.0 Å². The number of hydrogen-bond acceptors (Lipinski definition) is 3. The lowest BCUT2D eigenvalue weighted by Crippen LogP contribution is -2.21. The van der Waals surface area contributed by atoms with Crippen LogP contribution in [0.15, 0.2) is 36.4 Å². The summed E-state index contributed by atoms with van der Waals surface area (Å²) in [6, 6.07) is 10.9. The summed E-state index contributed by atoms with van der Waals surface area (Å²) >= 11 is 0. The molecule has 0 radical (unpaired) electrons. The molecule has 26 heavy (non-hydrogen) atoms. The third-order valence-corrected chi connectivity index (χ3v) is 4.08. The fourth-order valence-corrected chi connectivity index (χ4v) is 2.73. The van der Waals surface area contributed by atoms with Crippen molar-refractivity contribution in [3.63, 3.8) is 0 Å². The van der Waals surface area contributed by atoms with Gasteiger partial charge in [-0.15, -0.1) is 0 Å². The summed E-state index contributed by atoms with van der Waals surface area (Å²) in [6.07, 6.45) is 0.489. The van der Waals surface area contributed by atoms with Crippen molar-refractivity contribution in [2.45, 2.75) is 26.7 Å². The second kappa shape index (κ2) is 8.38. The van der Waals surface area contributed by atoms with Crippen LogP contribution in [-0.2, 0) is 11.2 Å². The van der Waals surface area contributed by atoms with Crippen LogP contribution in [0.3, 0.4) is 0 Å². The highest BCUT2D eigenvalue weighted by atomic mass is 16.4. The number of carbonyl (C=O) groups is 2. The van der Waals surface area contributed by atoms with Crippen molar-refractivity contribution in [3.05, 3.63) is 53.1 Å². The lowest BCUT2D eigenvalue weighted by molar-refractivity contribution is -0.136. The number of carbonyl (C=O) groups excluding carboxylic acids is 1. The quantitative estimate of drug-likeness (QED) is 0.731. The van der Waals surface area contributed by atoms with Crippen LogP contribution < -0.4 is 15.5 Å². The maximum Gasteiger partial charge on any atom is 0.323 e. The van der Waals surface area contributed by atoms with Crippen molar-refractivity contribution in [3.8, 4) is 0 Å². The van der Waals surface area contributed by atoms with E-state index in [-0.39, 0.29) is 12.5 Å². The van der Waals surface area contributed by atoms with E-state index < -0.39 is 5.97 Å². The molecule has 2 aromatic rings. The number of rotatable bonds is 6. The van der Waals surface area contributed by atoms with Gasteiger partial charge in [0.1, 0.15) is 0 Å². The first-order valence-electron chi connectivity index (χ1n) is 8.43. The number of carboxylic acid groups (broad SMARTS) is 1. The average molecular weight is 355 g/mol. The molecule has 138 valence electrons. The first-order chi connectivity index (χ1) is 12.3.